The third kappa shape index (κ3) is 4.56. The zero-order valence-electron chi connectivity index (χ0n) is 12.4. The van der Waals surface area contributed by atoms with Gasteiger partial charge in [-0.05, 0) is 24.3 Å². The number of amides is 1. The highest BCUT2D eigenvalue weighted by Gasteiger charge is 2.30. The van der Waals surface area contributed by atoms with E-state index in [1.807, 2.05) is 4.57 Å². The first-order chi connectivity index (χ1) is 10.9. The van der Waals surface area contributed by atoms with Crippen LogP contribution in [-0.4, -0.2) is 29.2 Å². The lowest BCUT2D eigenvalue weighted by atomic mass is 10.1. The van der Waals surface area contributed by atoms with Gasteiger partial charge in [-0.3, -0.25) is 4.79 Å². The van der Waals surface area contributed by atoms with Crippen LogP contribution in [0.25, 0.3) is 0 Å². The molecular formula is C15H16F3N3O2. The minimum atomic E-state index is -4.41. The summed E-state index contributed by atoms with van der Waals surface area (Å²) in [7, 11) is 1.59. The van der Waals surface area contributed by atoms with Crippen molar-refractivity contribution in [2.24, 2.45) is 0 Å². The van der Waals surface area contributed by atoms with Gasteiger partial charge in [-0.2, -0.15) is 13.2 Å². The molecule has 0 unspecified atom stereocenters. The van der Waals surface area contributed by atoms with Gasteiger partial charge in [-0.1, -0.05) is 0 Å². The number of carbonyl (C=O) groups excluding carboxylic acids is 1. The van der Waals surface area contributed by atoms with E-state index in [9.17, 15) is 18.0 Å². The van der Waals surface area contributed by atoms with Crippen molar-refractivity contribution in [2.45, 2.75) is 19.3 Å². The van der Waals surface area contributed by atoms with E-state index in [2.05, 4.69) is 10.3 Å². The molecule has 0 aliphatic heterocycles. The highest BCUT2D eigenvalue weighted by Crippen LogP contribution is 2.29. The van der Waals surface area contributed by atoms with Crippen LogP contribution in [0.5, 0.6) is 0 Å². The number of rotatable bonds is 6. The molecule has 5 nitrogen and oxygen atoms in total. The summed E-state index contributed by atoms with van der Waals surface area (Å²) in [6.07, 6.45) is -1.18. The molecule has 0 saturated carbocycles. The highest BCUT2D eigenvalue weighted by molar-refractivity contribution is 5.94. The number of carbonyl (C=O) groups is 1. The van der Waals surface area contributed by atoms with Gasteiger partial charge in [0.25, 0.3) is 5.91 Å². The maximum atomic E-state index is 12.5. The number of nitrogens with zero attached hydrogens (tertiary/aromatic N) is 2. The molecule has 1 heterocycles. The Bertz CT molecular complexity index is 651. The van der Waals surface area contributed by atoms with E-state index >= 15 is 0 Å². The van der Waals surface area contributed by atoms with E-state index in [1.165, 1.54) is 0 Å². The van der Waals surface area contributed by atoms with Gasteiger partial charge in [0.15, 0.2) is 0 Å². The monoisotopic (exact) mass is 327 g/mol. The number of alkyl halides is 3. The van der Waals surface area contributed by atoms with Crippen LogP contribution in [0.15, 0.2) is 36.8 Å². The topological polar surface area (TPSA) is 56.1 Å². The van der Waals surface area contributed by atoms with Crippen molar-refractivity contribution in [1.29, 1.82) is 0 Å². The number of nitrogens with one attached hydrogen (secondary N) is 1. The summed E-state index contributed by atoms with van der Waals surface area (Å²) in [5, 5.41) is 2.65. The summed E-state index contributed by atoms with van der Waals surface area (Å²) in [4.78, 5) is 16.0. The van der Waals surface area contributed by atoms with Crippen LogP contribution in [0.3, 0.4) is 0 Å². The summed E-state index contributed by atoms with van der Waals surface area (Å²) in [5.41, 5.74) is 0.162. The second-order valence-corrected chi connectivity index (χ2v) is 4.83. The molecule has 1 N–H and O–H groups in total. The molecule has 124 valence electrons. The molecule has 0 radical (unpaired) electrons. The Balaban J connectivity index is 1.96. The second kappa shape index (κ2) is 7.28. The van der Waals surface area contributed by atoms with Gasteiger partial charge >= 0.3 is 6.18 Å². The Morgan fingerprint density at radius 3 is 2.61 bits per heavy atom. The number of ether oxygens (including phenoxy) is 1. The smallest absolute Gasteiger partial charge is 0.383 e. The van der Waals surface area contributed by atoms with Crippen molar-refractivity contribution in [3.8, 4) is 0 Å². The van der Waals surface area contributed by atoms with E-state index in [-0.39, 0.29) is 12.1 Å². The van der Waals surface area contributed by atoms with Gasteiger partial charge in [0, 0.05) is 25.4 Å². The molecule has 0 spiro atoms. The van der Waals surface area contributed by atoms with Gasteiger partial charge in [0.2, 0.25) is 0 Å². The van der Waals surface area contributed by atoms with Crippen molar-refractivity contribution in [1.82, 2.24) is 14.9 Å². The van der Waals surface area contributed by atoms with Crippen molar-refractivity contribution in [3.63, 3.8) is 0 Å². The maximum Gasteiger partial charge on any atom is 0.416 e. The maximum absolute atomic E-state index is 12.5. The Hall–Kier alpha value is -2.35. The number of halogens is 3. The normalized spacial score (nSPS) is 11.5. The van der Waals surface area contributed by atoms with E-state index in [4.69, 9.17) is 4.74 Å². The van der Waals surface area contributed by atoms with Gasteiger partial charge in [-0.25, -0.2) is 4.98 Å². The van der Waals surface area contributed by atoms with Gasteiger partial charge < -0.3 is 14.6 Å². The first-order valence-corrected chi connectivity index (χ1v) is 6.85. The zero-order chi connectivity index (χ0) is 16.9. The molecule has 1 aromatic carbocycles. The molecule has 8 heteroatoms. The number of benzene rings is 1. The molecule has 0 saturated heterocycles. The molecular weight excluding hydrogens is 311 g/mol. The number of imidazole rings is 1. The molecule has 1 amide bonds. The predicted molar refractivity (Wildman–Crippen MR) is 76.7 cm³/mol. The standard InChI is InChI=1S/C15H16F3N3O2/c1-23-7-6-21-10-19-8-13(21)9-20-14(22)11-2-4-12(5-3-11)15(16,17)18/h2-5,8,10H,6-7,9H2,1H3,(H,20,22). The Kier molecular flexibility index (Phi) is 5.38. The lowest BCUT2D eigenvalue weighted by Crippen LogP contribution is -2.24. The number of hydrogen-bond acceptors (Lipinski definition) is 3. The summed E-state index contributed by atoms with van der Waals surface area (Å²) >= 11 is 0. The molecule has 0 aliphatic rings. The molecule has 1 aromatic heterocycles. The molecule has 0 atom stereocenters. The number of methoxy groups -OCH3 is 1. The number of aromatic nitrogens is 2. The molecule has 0 bridgehead atoms. The van der Waals surface area contributed by atoms with Gasteiger partial charge in [-0.15, -0.1) is 0 Å². The third-order valence-electron chi connectivity index (χ3n) is 3.24. The molecule has 2 rings (SSSR count). The average molecular weight is 327 g/mol. The van der Waals surface area contributed by atoms with Crippen molar-refractivity contribution in [3.05, 3.63) is 53.6 Å². The first kappa shape index (κ1) is 17.0. The Labute approximate surface area is 131 Å². The van der Waals surface area contributed by atoms with Crippen molar-refractivity contribution >= 4 is 5.91 Å². The molecule has 2 aromatic rings. The summed E-state index contributed by atoms with van der Waals surface area (Å²) in [6, 6.07) is 4.08. The number of hydrogen-bond donors (Lipinski definition) is 1. The Morgan fingerprint density at radius 1 is 1.30 bits per heavy atom. The quantitative estimate of drug-likeness (QED) is 0.887. The van der Waals surface area contributed by atoms with Crippen molar-refractivity contribution < 1.29 is 22.7 Å². The van der Waals surface area contributed by atoms with Crippen molar-refractivity contribution in [2.75, 3.05) is 13.7 Å². The lowest BCUT2D eigenvalue weighted by molar-refractivity contribution is -0.137. The van der Waals surface area contributed by atoms with E-state index < -0.39 is 17.6 Å². The zero-order valence-corrected chi connectivity index (χ0v) is 12.4. The van der Waals surface area contributed by atoms with E-state index in [1.54, 1.807) is 19.6 Å². The van der Waals surface area contributed by atoms with Crippen LogP contribution in [0, 0.1) is 0 Å². The molecule has 0 aliphatic carbocycles. The fraction of sp³-hybridized carbons (Fsp3) is 0.333. The molecule has 23 heavy (non-hydrogen) atoms. The van der Waals surface area contributed by atoms with Gasteiger partial charge in [0.1, 0.15) is 0 Å². The minimum Gasteiger partial charge on any atom is -0.383 e. The first-order valence-electron chi connectivity index (χ1n) is 6.85. The highest BCUT2D eigenvalue weighted by atomic mass is 19.4. The summed E-state index contributed by atoms with van der Waals surface area (Å²) < 4.78 is 44.2. The Morgan fingerprint density at radius 2 is 2.00 bits per heavy atom. The van der Waals surface area contributed by atoms with Crippen LogP contribution < -0.4 is 5.32 Å². The van der Waals surface area contributed by atoms with E-state index in [0.717, 1.165) is 30.0 Å². The minimum absolute atomic E-state index is 0.168. The average Bonchev–Trinajstić information content (AvgIpc) is 2.97. The summed E-state index contributed by atoms with van der Waals surface area (Å²) in [6.45, 7) is 1.34. The summed E-state index contributed by atoms with van der Waals surface area (Å²) in [5.74, 6) is -0.446. The van der Waals surface area contributed by atoms with Crippen LogP contribution in [-0.2, 0) is 24.0 Å². The van der Waals surface area contributed by atoms with Gasteiger partial charge in [0.05, 0.1) is 30.7 Å². The van der Waals surface area contributed by atoms with Crippen LogP contribution in [0.1, 0.15) is 21.6 Å². The van der Waals surface area contributed by atoms with Crippen LogP contribution >= 0.6 is 0 Å². The van der Waals surface area contributed by atoms with Crippen LogP contribution in [0.2, 0.25) is 0 Å². The van der Waals surface area contributed by atoms with Crippen LogP contribution in [0.4, 0.5) is 13.2 Å². The SMILES string of the molecule is COCCn1cncc1CNC(=O)c1ccc(C(F)(F)F)cc1. The molecule has 0 fully saturated rings. The lowest BCUT2D eigenvalue weighted by Gasteiger charge is -2.10. The van der Waals surface area contributed by atoms with E-state index in [0.29, 0.717) is 13.2 Å². The second-order valence-electron chi connectivity index (χ2n) is 4.83. The third-order valence-corrected chi connectivity index (χ3v) is 3.24. The predicted octanol–water partition coefficient (Wildman–Crippen LogP) is 2.48. The largest absolute Gasteiger partial charge is 0.416 e. The fourth-order valence-electron chi connectivity index (χ4n) is 1.97. The fourth-order valence-corrected chi connectivity index (χ4v) is 1.97.